The standard InChI is InChI=1S/C14H19NO4/c1-5-15-13(16)10(3)19-14(17)11-8-9(2)6-7-12(11)18-4/h6-8,10H,5H2,1-4H3,(H,15,16)/t10-/m0/s1. The lowest BCUT2D eigenvalue weighted by molar-refractivity contribution is -0.128. The van der Waals surface area contributed by atoms with Crippen LogP contribution in [0.4, 0.5) is 0 Å². The minimum absolute atomic E-state index is 0.317. The Morgan fingerprint density at radius 3 is 2.63 bits per heavy atom. The number of amides is 1. The Kier molecular flexibility index (Phi) is 5.36. The fourth-order valence-electron chi connectivity index (χ4n) is 1.58. The van der Waals surface area contributed by atoms with Crippen molar-refractivity contribution in [1.82, 2.24) is 5.32 Å². The summed E-state index contributed by atoms with van der Waals surface area (Å²) in [6, 6.07) is 5.21. The van der Waals surface area contributed by atoms with E-state index in [1.807, 2.05) is 13.0 Å². The molecule has 0 aliphatic carbocycles. The highest BCUT2D eigenvalue weighted by Gasteiger charge is 2.20. The van der Waals surface area contributed by atoms with Gasteiger partial charge in [0.25, 0.3) is 5.91 Å². The minimum Gasteiger partial charge on any atom is -0.496 e. The molecule has 5 heteroatoms. The zero-order valence-corrected chi connectivity index (χ0v) is 11.6. The van der Waals surface area contributed by atoms with E-state index in [1.165, 1.54) is 14.0 Å². The molecule has 1 rings (SSSR count). The van der Waals surface area contributed by atoms with Crippen molar-refractivity contribution in [3.8, 4) is 5.75 Å². The smallest absolute Gasteiger partial charge is 0.342 e. The summed E-state index contributed by atoms with van der Waals surface area (Å²) in [4.78, 5) is 23.5. The van der Waals surface area contributed by atoms with Crippen LogP contribution in [0.5, 0.6) is 5.75 Å². The molecule has 104 valence electrons. The maximum absolute atomic E-state index is 12.0. The number of aryl methyl sites for hydroxylation is 1. The highest BCUT2D eigenvalue weighted by molar-refractivity contribution is 5.94. The van der Waals surface area contributed by atoms with Crippen LogP contribution in [0, 0.1) is 6.92 Å². The zero-order chi connectivity index (χ0) is 14.4. The van der Waals surface area contributed by atoms with E-state index >= 15 is 0 Å². The van der Waals surface area contributed by atoms with Gasteiger partial charge in [-0.15, -0.1) is 0 Å². The molecule has 0 spiro atoms. The monoisotopic (exact) mass is 265 g/mol. The van der Waals surface area contributed by atoms with E-state index in [0.29, 0.717) is 17.9 Å². The van der Waals surface area contributed by atoms with Crippen LogP contribution in [0.1, 0.15) is 29.8 Å². The molecule has 1 N–H and O–H groups in total. The lowest BCUT2D eigenvalue weighted by atomic mass is 10.1. The summed E-state index contributed by atoms with van der Waals surface area (Å²) in [6.07, 6.45) is -0.835. The summed E-state index contributed by atoms with van der Waals surface area (Å²) in [6.45, 7) is 5.69. The molecular weight excluding hydrogens is 246 g/mol. The van der Waals surface area contributed by atoms with Gasteiger partial charge >= 0.3 is 5.97 Å². The average molecular weight is 265 g/mol. The summed E-state index contributed by atoms with van der Waals surface area (Å²) < 4.78 is 10.2. The van der Waals surface area contributed by atoms with Gasteiger partial charge in [-0.05, 0) is 32.9 Å². The van der Waals surface area contributed by atoms with Crippen LogP contribution in [0.25, 0.3) is 0 Å². The first kappa shape index (κ1) is 15.0. The molecule has 0 bridgehead atoms. The van der Waals surface area contributed by atoms with Crippen LogP contribution < -0.4 is 10.1 Å². The van der Waals surface area contributed by atoms with Crippen molar-refractivity contribution in [2.24, 2.45) is 0 Å². The average Bonchev–Trinajstić information content (AvgIpc) is 2.38. The van der Waals surface area contributed by atoms with E-state index in [4.69, 9.17) is 9.47 Å². The second-order valence-corrected chi connectivity index (χ2v) is 4.15. The van der Waals surface area contributed by atoms with Crippen molar-refractivity contribution in [1.29, 1.82) is 0 Å². The SMILES string of the molecule is CCNC(=O)[C@H](C)OC(=O)c1cc(C)ccc1OC. The molecule has 0 saturated heterocycles. The number of benzene rings is 1. The van der Waals surface area contributed by atoms with E-state index in [1.54, 1.807) is 19.1 Å². The van der Waals surface area contributed by atoms with Gasteiger partial charge in [0.15, 0.2) is 6.10 Å². The van der Waals surface area contributed by atoms with Crippen LogP contribution in [0.15, 0.2) is 18.2 Å². The predicted molar refractivity (Wildman–Crippen MR) is 71.3 cm³/mol. The maximum Gasteiger partial charge on any atom is 0.342 e. The molecule has 0 saturated carbocycles. The van der Waals surface area contributed by atoms with E-state index in [2.05, 4.69) is 5.32 Å². The Labute approximate surface area is 112 Å². The molecule has 19 heavy (non-hydrogen) atoms. The normalized spacial score (nSPS) is 11.6. The molecule has 1 aromatic carbocycles. The Morgan fingerprint density at radius 1 is 1.37 bits per heavy atom. The number of hydrogen-bond acceptors (Lipinski definition) is 4. The van der Waals surface area contributed by atoms with Gasteiger partial charge in [-0.1, -0.05) is 11.6 Å². The molecule has 0 aliphatic rings. The van der Waals surface area contributed by atoms with Gasteiger partial charge in [0.05, 0.1) is 7.11 Å². The van der Waals surface area contributed by atoms with Gasteiger partial charge in [-0.2, -0.15) is 0 Å². The number of hydrogen-bond donors (Lipinski definition) is 1. The molecule has 0 fully saturated rings. The van der Waals surface area contributed by atoms with Gasteiger partial charge in [0, 0.05) is 6.54 Å². The molecule has 0 heterocycles. The molecular formula is C14H19NO4. The quantitative estimate of drug-likeness (QED) is 0.823. The van der Waals surface area contributed by atoms with Gasteiger partial charge in [0.1, 0.15) is 11.3 Å². The Balaban J connectivity index is 2.83. The second-order valence-electron chi connectivity index (χ2n) is 4.15. The Hall–Kier alpha value is -2.04. The van der Waals surface area contributed by atoms with Gasteiger partial charge in [-0.25, -0.2) is 4.79 Å². The lowest BCUT2D eigenvalue weighted by Crippen LogP contribution is -2.35. The highest BCUT2D eigenvalue weighted by Crippen LogP contribution is 2.21. The Morgan fingerprint density at radius 2 is 2.05 bits per heavy atom. The molecule has 0 aromatic heterocycles. The molecule has 0 radical (unpaired) electrons. The number of methoxy groups -OCH3 is 1. The molecule has 1 atom stereocenters. The molecule has 5 nitrogen and oxygen atoms in total. The number of nitrogens with one attached hydrogen (secondary N) is 1. The fourth-order valence-corrected chi connectivity index (χ4v) is 1.58. The third-order valence-corrected chi connectivity index (χ3v) is 2.58. The van der Waals surface area contributed by atoms with Crippen molar-refractivity contribution >= 4 is 11.9 Å². The number of esters is 1. The third kappa shape index (κ3) is 3.98. The molecule has 0 unspecified atom stereocenters. The topological polar surface area (TPSA) is 64.6 Å². The second kappa shape index (κ2) is 6.78. The lowest BCUT2D eigenvalue weighted by Gasteiger charge is -2.14. The summed E-state index contributed by atoms with van der Waals surface area (Å²) >= 11 is 0. The van der Waals surface area contributed by atoms with Crippen LogP contribution in [-0.4, -0.2) is 31.6 Å². The van der Waals surface area contributed by atoms with E-state index in [0.717, 1.165) is 5.56 Å². The number of carbonyl (C=O) groups is 2. The molecule has 1 aromatic rings. The van der Waals surface area contributed by atoms with Crippen molar-refractivity contribution in [3.05, 3.63) is 29.3 Å². The summed E-state index contributed by atoms with van der Waals surface area (Å²) in [5.74, 6) is -0.458. The van der Waals surface area contributed by atoms with Crippen molar-refractivity contribution in [2.75, 3.05) is 13.7 Å². The van der Waals surface area contributed by atoms with Crippen molar-refractivity contribution in [2.45, 2.75) is 26.9 Å². The number of rotatable bonds is 5. The van der Waals surface area contributed by atoms with Crippen LogP contribution in [0.3, 0.4) is 0 Å². The number of ether oxygens (including phenoxy) is 2. The van der Waals surface area contributed by atoms with Crippen LogP contribution in [0.2, 0.25) is 0 Å². The number of likely N-dealkylation sites (N-methyl/N-ethyl adjacent to an activating group) is 1. The molecule has 1 amide bonds. The summed E-state index contributed by atoms with van der Waals surface area (Å²) in [5.41, 5.74) is 1.23. The van der Waals surface area contributed by atoms with E-state index < -0.39 is 12.1 Å². The number of carbonyl (C=O) groups excluding carboxylic acids is 2. The first-order valence-corrected chi connectivity index (χ1v) is 6.13. The van der Waals surface area contributed by atoms with Crippen LogP contribution in [-0.2, 0) is 9.53 Å². The summed E-state index contributed by atoms with van der Waals surface area (Å²) in [7, 11) is 1.48. The first-order valence-electron chi connectivity index (χ1n) is 6.13. The highest BCUT2D eigenvalue weighted by atomic mass is 16.5. The van der Waals surface area contributed by atoms with Gasteiger partial charge < -0.3 is 14.8 Å². The minimum atomic E-state index is -0.835. The maximum atomic E-state index is 12.0. The predicted octanol–water partition coefficient (Wildman–Crippen LogP) is 1.69. The Bertz CT molecular complexity index is 471. The van der Waals surface area contributed by atoms with E-state index in [9.17, 15) is 9.59 Å². The zero-order valence-electron chi connectivity index (χ0n) is 11.6. The van der Waals surface area contributed by atoms with Gasteiger partial charge in [0.2, 0.25) is 0 Å². The molecule has 0 aliphatic heterocycles. The third-order valence-electron chi connectivity index (χ3n) is 2.58. The van der Waals surface area contributed by atoms with Crippen molar-refractivity contribution < 1.29 is 19.1 Å². The fraction of sp³-hybridized carbons (Fsp3) is 0.429. The van der Waals surface area contributed by atoms with E-state index in [-0.39, 0.29) is 5.91 Å². The largest absolute Gasteiger partial charge is 0.496 e. The van der Waals surface area contributed by atoms with Crippen molar-refractivity contribution in [3.63, 3.8) is 0 Å². The van der Waals surface area contributed by atoms with Crippen LogP contribution >= 0.6 is 0 Å². The first-order chi connectivity index (χ1) is 8.99. The summed E-state index contributed by atoms with van der Waals surface area (Å²) in [5, 5.41) is 2.59. The van der Waals surface area contributed by atoms with Gasteiger partial charge in [-0.3, -0.25) is 4.79 Å².